The Balaban J connectivity index is 2.28. The van der Waals surface area contributed by atoms with Gasteiger partial charge in [-0.1, -0.05) is 0 Å². The largest absolute Gasteiger partial charge is 0.416 e. The van der Waals surface area contributed by atoms with E-state index >= 15 is 0 Å². The van der Waals surface area contributed by atoms with E-state index in [0.29, 0.717) is 6.07 Å². The molecule has 108 valence electrons. The van der Waals surface area contributed by atoms with Gasteiger partial charge in [-0.2, -0.15) is 30.0 Å². The van der Waals surface area contributed by atoms with Gasteiger partial charge in [-0.25, -0.2) is 0 Å². The van der Waals surface area contributed by atoms with Crippen LogP contribution >= 0.6 is 11.8 Å². The Morgan fingerprint density at radius 3 is 2.70 bits per heavy atom. The Bertz CT molecular complexity index is 552. The third-order valence-electron chi connectivity index (χ3n) is 2.66. The number of nitro groups is 1. The smallest absolute Gasteiger partial charge is 0.272 e. The zero-order chi connectivity index (χ0) is 14.8. The van der Waals surface area contributed by atoms with E-state index in [1.165, 1.54) is 0 Å². The van der Waals surface area contributed by atoms with Gasteiger partial charge in [0.05, 0.1) is 10.5 Å². The lowest BCUT2D eigenvalue weighted by Gasteiger charge is -2.08. The molecule has 1 aliphatic heterocycles. The molecule has 0 radical (unpaired) electrons. The zero-order valence-electron chi connectivity index (χ0n) is 10.1. The molecule has 1 fully saturated rings. The molecule has 0 aromatic heterocycles. The van der Waals surface area contributed by atoms with Gasteiger partial charge >= 0.3 is 6.18 Å². The van der Waals surface area contributed by atoms with Gasteiger partial charge in [-0.15, -0.1) is 0 Å². The van der Waals surface area contributed by atoms with Crippen LogP contribution in [0.4, 0.5) is 24.5 Å². The summed E-state index contributed by atoms with van der Waals surface area (Å²) in [6, 6.07) is 2.32. The molecule has 1 aromatic carbocycles. The number of alkyl halides is 3. The van der Waals surface area contributed by atoms with Crippen LogP contribution in [0.15, 0.2) is 23.3 Å². The van der Waals surface area contributed by atoms with Gasteiger partial charge in [0.1, 0.15) is 5.69 Å². The van der Waals surface area contributed by atoms with Crippen molar-refractivity contribution in [2.45, 2.75) is 12.6 Å². The number of hydrogen-bond donors (Lipinski definition) is 1. The van der Waals surface area contributed by atoms with Crippen molar-refractivity contribution in [1.29, 1.82) is 0 Å². The molecule has 0 amide bonds. The quantitative estimate of drug-likeness (QED) is 0.685. The van der Waals surface area contributed by atoms with Crippen molar-refractivity contribution in [3.8, 4) is 0 Å². The van der Waals surface area contributed by atoms with Gasteiger partial charge in [-0.3, -0.25) is 15.5 Å². The Morgan fingerprint density at radius 1 is 1.40 bits per heavy atom. The Kier molecular flexibility index (Phi) is 4.17. The van der Waals surface area contributed by atoms with Gasteiger partial charge in [0, 0.05) is 17.5 Å². The number of anilines is 1. The standard InChI is InChI=1S/C11H10F3N3O2S/c12-11(13,14)7-1-2-9(10(5-7)17(18)19)16-15-8-3-4-20-6-8/h1-2,5,16H,3-4,6H2/b15-8+. The maximum Gasteiger partial charge on any atom is 0.416 e. The monoisotopic (exact) mass is 305 g/mol. The second-order valence-electron chi connectivity index (χ2n) is 4.08. The molecule has 0 spiro atoms. The molecule has 0 atom stereocenters. The van der Waals surface area contributed by atoms with Crippen LogP contribution in [0, 0.1) is 10.1 Å². The van der Waals surface area contributed by atoms with Crippen LogP contribution < -0.4 is 5.43 Å². The van der Waals surface area contributed by atoms with Crippen molar-refractivity contribution in [2.24, 2.45) is 5.10 Å². The summed E-state index contributed by atoms with van der Waals surface area (Å²) in [6.45, 7) is 0. The highest BCUT2D eigenvalue weighted by Crippen LogP contribution is 2.35. The van der Waals surface area contributed by atoms with Crippen LogP contribution in [0.2, 0.25) is 0 Å². The fourth-order valence-corrected chi connectivity index (χ4v) is 2.60. The molecule has 1 heterocycles. The van der Waals surface area contributed by atoms with E-state index in [2.05, 4.69) is 10.5 Å². The molecule has 0 bridgehead atoms. The number of nitrogens with zero attached hydrogens (tertiary/aromatic N) is 2. The first-order chi connectivity index (χ1) is 9.38. The van der Waals surface area contributed by atoms with Gasteiger partial charge in [0.2, 0.25) is 0 Å². The van der Waals surface area contributed by atoms with Crippen LogP contribution in [0.25, 0.3) is 0 Å². The second-order valence-corrected chi connectivity index (χ2v) is 5.18. The van der Waals surface area contributed by atoms with Gasteiger partial charge in [-0.05, 0) is 24.3 Å². The van der Waals surface area contributed by atoms with Crippen LogP contribution in [0.5, 0.6) is 0 Å². The van der Waals surface area contributed by atoms with E-state index in [1.807, 2.05) is 0 Å². The van der Waals surface area contributed by atoms with E-state index in [0.717, 1.165) is 35.8 Å². The lowest BCUT2D eigenvalue weighted by Crippen LogP contribution is -2.07. The number of benzene rings is 1. The molecular formula is C11H10F3N3O2S. The van der Waals surface area contributed by atoms with E-state index in [4.69, 9.17) is 0 Å². The maximum atomic E-state index is 12.5. The Morgan fingerprint density at radius 2 is 2.15 bits per heavy atom. The molecule has 1 N–H and O–H groups in total. The first kappa shape index (κ1) is 14.6. The minimum atomic E-state index is -4.61. The molecule has 20 heavy (non-hydrogen) atoms. The van der Waals surface area contributed by atoms with Crippen molar-refractivity contribution >= 4 is 28.8 Å². The second kappa shape index (κ2) is 5.70. The predicted molar refractivity (Wildman–Crippen MR) is 71.1 cm³/mol. The molecule has 1 aliphatic rings. The van der Waals surface area contributed by atoms with Crippen molar-refractivity contribution in [3.05, 3.63) is 33.9 Å². The molecule has 5 nitrogen and oxygen atoms in total. The van der Waals surface area contributed by atoms with Gasteiger partial charge in [0.15, 0.2) is 0 Å². The first-order valence-electron chi connectivity index (χ1n) is 5.63. The minimum absolute atomic E-state index is 0.0487. The fourth-order valence-electron chi connectivity index (χ4n) is 1.63. The maximum absolute atomic E-state index is 12.5. The average Bonchev–Trinajstić information content (AvgIpc) is 2.88. The first-order valence-corrected chi connectivity index (χ1v) is 6.78. The number of hydrazone groups is 1. The third-order valence-corrected chi connectivity index (χ3v) is 3.69. The molecule has 9 heteroatoms. The highest BCUT2D eigenvalue weighted by molar-refractivity contribution is 8.00. The molecule has 0 unspecified atom stereocenters. The van der Waals surface area contributed by atoms with E-state index in [1.54, 1.807) is 11.8 Å². The summed E-state index contributed by atoms with van der Waals surface area (Å²) in [7, 11) is 0. The van der Waals surface area contributed by atoms with Crippen LogP contribution in [0.3, 0.4) is 0 Å². The average molecular weight is 305 g/mol. The molecule has 1 aromatic rings. The number of nitro benzene ring substituents is 1. The summed E-state index contributed by atoms with van der Waals surface area (Å²) in [6.07, 6.45) is -3.84. The summed E-state index contributed by atoms with van der Waals surface area (Å²) in [5, 5.41) is 14.8. The number of thioether (sulfide) groups is 1. The Hall–Kier alpha value is -1.77. The van der Waals surface area contributed by atoms with E-state index in [-0.39, 0.29) is 5.69 Å². The SMILES string of the molecule is O=[N+]([O-])c1cc(C(F)(F)F)ccc1N/N=C1\CCSC1. The van der Waals surface area contributed by atoms with Gasteiger partial charge < -0.3 is 0 Å². The summed E-state index contributed by atoms with van der Waals surface area (Å²) in [5.74, 6) is 1.65. The lowest BCUT2D eigenvalue weighted by molar-refractivity contribution is -0.384. The van der Waals surface area contributed by atoms with Crippen molar-refractivity contribution in [3.63, 3.8) is 0 Å². The predicted octanol–water partition coefficient (Wildman–Crippen LogP) is 3.52. The molecule has 0 aliphatic carbocycles. The highest BCUT2D eigenvalue weighted by Gasteiger charge is 2.33. The highest BCUT2D eigenvalue weighted by atomic mass is 32.2. The topological polar surface area (TPSA) is 67.5 Å². The number of nitrogens with one attached hydrogen (secondary N) is 1. The number of halogens is 3. The van der Waals surface area contributed by atoms with Crippen LogP contribution in [-0.4, -0.2) is 22.1 Å². The van der Waals surface area contributed by atoms with Crippen molar-refractivity contribution in [1.82, 2.24) is 0 Å². The lowest BCUT2D eigenvalue weighted by atomic mass is 10.1. The van der Waals surface area contributed by atoms with Gasteiger partial charge in [0.25, 0.3) is 5.69 Å². The summed E-state index contributed by atoms with van der Waals surface area (Å²) in [4.78, 5) is 9.98. The fraction of sp³-hybridized carbons (Fsp3) is 0.364. The van der Waals surface area contributed by atoms with Crippen molar-refractivity contribution in [2.75, 3.05) is 16.9 Å². The number of hydrogen-bond acceptors (Lipinski definition) is 5. The molecule has 1 saturated heterocycles. The van der Waals surface area contributed by atoms with Crippen LogP contribution in [-0.2, 0) is 6.18 Å². The number of rotatable bonds is 3. The van der Waals surface area contributed by atoms with E-state index in [9.17, 15) is 23.3 Å². The summed E-state index contributed by atoms with van der Waals surface area (Å²) < 4.78 is 37.6. The normalized spacial score (nSPS) is 17.4. The zero-order valence-corrected chi connectivity index (χ0v) is 10.9. The minimum Gasteiger partial charge on any atom is -0.272 e. The van der Waals surface area contributed by atoms with E-state index < -0.39 is 22.4 Å². The molecule has 2 rings (SSSR count). The molecule has 0 saturated carbocycles. The summed E-state index contributed by atoms with van der Waals surface area (Å²) in [5.41, 5.74) is 1.57. The molecular weight excluding hydrogens is 295 g/mol. The summed E-state index contributed by atoms with van der Waals surface area (Å²) >= 11 is 1.68. The van der Waals surface area contributed by atoms with Crippen molar-refractivity contribution < 1.29 is 18.1 Å². The van der Waals surface area contributed by atoms with Crippen LogP contribution in [0.1, 0.15) is 12.0 Å². The third kappa shape index (κ3) is 3.41. The Labute approximate surface area is 116 Å².